The van der Waals surface area contributed by atoms with Crippen molar-refractivity contribution in [2.75, 3.05) is 5.32 Å². The smallest absolute Gasteiger partial charge is 0.378 e. The van der Waals surface area contributed by atoms with Crippen LogP contribution in [-0.2, 0) is 18.4 Å². The zero-order chi connectivity index (χ0) is 16.4. The van der Waals surface area contributed by atoms with Gasteiger partial charge in [-0.05, 0) is 17.7 Å². The van der Waals surface area contributed by atoms with E-state index in [9.17, 15) is 13.2 Å². The maximum Gasteiger partial charge on any atom is 0.393 e. The average Bonchev–Trinajstić information content (AvgIpc) is 2.83. The Balaban J connectivity index is 2.00. The second-order valence-electron chi connectivity index (χ2n) is 6.11. The maximum atomic E-state index is 12.4. The molecule has 1 N–H and O–H groups in total. The topological polar surface area (TPSA) is 51.0 Å². The number of aromatic nitrogens is 2. The highest BCUT2D eigenvalue weighted by molar-refractivity contribution is 5.45. The summed E-state index contributed by atoms with van der Waals surface area (Å²) in [4.78, 5) is 4.26. The normalized spacial score (nSPS) is 12.5. The molecule has 0 fully saturated rings. The Hall–Kier alpha value is -2.05. The average molecular weight is 313 g/mol. The molecule has 0 amide bonds. The molecule has 0 aliphatic carbocycles. The zero-order valence-electron chi connectivity index (χ0n) is 12.7. The van der Waals surface area contributed by atoms with Gasteiger partial charge in [0.1, 0.15) is 0 Å². The molecule has 4 nitrogen and oxygen atoms in total. The van der Waals surface area contributed by atoms with E-state index in [1.807, 2.05) is 20.8 Å². The van der Waals surface area contributed by atoms with Crippen molar-refractivity contribution in [2.45, 2.75) is 45.3 Å². The highest BCUT2D eigenvalue weighted by Crippen LogP contribution is 2.23. The van der Waals surface area contributed by atoms with Crippen molar-refractivity contribution >= 4 is 5.69 Å². The number of nitrogens with zero attached hydrogens (tertiary/aromatic N) is 2. The summed E-state index contributed by atoms with van der Waals surface area (Å²) in [6.07, 6.45) is -5.16. The van der Waals surface area contributed by atoms with Crippen molar-refractivity contribution in [3.63, 3.8) is 0 Å². The summed E-state index contributed by atoms with van der Waals surface area (Å²) in [7, 11) is 0. The van der Waals surface area contributed by atoms with Gasteiger partial charge in [0.15, 0.2) is 5.82 Å². The standard InChI is InChI=1S/C15H18F3N3O/c1-14(2,3)13-20-12(21-22-13)9-19-11-6-4-5-10(7-11)8-15(16,17)18/h4-7,19H,8-9H2,1-3H3. The fourth-order valence-electron chi connectivity index (χ4n) is 1.83. The molecule has 120 valence electrons. The van der Waals surface area contributed by atoms with E-state index in [2.05, 4.69) is 15.5 Å². The number of halogens is 3. The minimum absolute atomic E-state index is 0.209. The Kier molecular flexibility index (Phi) is 4.44. The molecule has 2 rings (SSSR count). The molecule has 7 heteroatoms. The van der Waals surface area contributed by atoms with Gasteiger partial charge in [0.05, 0.1) is 13.0 Å². The Morgan fingerprint density at radius 3 is 2.50 bits per heavy atom. The largest absolute Gasteiger partial charge is 0.393 e. The molecule has 1 aromatic heterocycles. The lowest BCUT2D eigenvalue weighted by Gasteiger charge is -2.10. The van der Waals surface area contributed by atoms with Gasteiger partial charge in [-0.25, -0.2) is 0 Å². The van der Waals surface area contributed by atoms with Crippen molar-refractivity contribution in [1.29, 1.82) is 0 Å². The summed E-state index contributed by atoms with van der Waals surface area (Å²) in [5.74, 6) is 0.987. The number of hydrogen-bond donors (Lipinski definition) is 1. The van der Waals surface area contributed by atoms with E-state index in [-0.39, 0.29) is 17.5 Å². The van der Waals surface area contributed by atoms with Crippen LogP contribution in [0.25, 0.3) is 0 Å². The molecule has 1 aromatic carbocycles. The van der Waals surface area contributed by atoms with Gasteiger partial charge in [0, 0.05) is 11.1 Å². The predicted octanol–water partition coefficient (Wildman–Crippen LogP) is 4.08. The van der Waals surface area contributed by atoms with Crippen molar-refractivity contribution in [1.82, 2.24) is 10.1 Å². The molecule has 22 heavy (non-hydrogen) atoms. The lowest BCUT2D eigenvalue weighted by atomic mass is 9.97. The highest BCUT2D eigenvalue weighted by atomic mass is 19.4. The zero-order valence-corrected chi connectivity index (χ0v) is 12.7. The summed E-state index contributed by atoms with van der Waals surface area (Å²) in [5.41, 5.74) is 0.558. The van der Waals surface area contributed by atoms with Crippen molar-refractivity contribution in [3.8, 4) is 0 Å². The Morgan fingerprint density at radius 1 is 1.18 bits per heavy atom. The lowest BCUT2D eigenvalue weighted by molar-refractivity contribution is -0.127. The van der Waals surface area contributed by atoms with Gasteiger partial charge in [-0.1, -0.05) is 38.1 Å². The summed E-state index contributed by atoms with van der Waals surface area (Å²) in [6.45, 7) is 6.16. The van der Waals surface area contributed by atoms with Gasteiger partial charge in [-0.3, -0.25) is 0 Å². The molecule has 2 aromatic rings. The van der Waals surface area contributed by atoms with Crippen molar-refractivity contribution < 1.29 is 17.7 Å². The number of anilines is 1. The summed E-state index contributed by atoms with van der Waals surface area (Å²) >= 11 is 0. The third kappa shape index (κ3) is 4.75. The third-order valence-corrected chi connectivity index (χ3v) is 2.89. The fourth-order valence-corrected chi connectivity index (χ4v) is 1.83. The SMILES string of the molecule is CC(C)(C)c1nc(CNc2cccc(CC(F)(F)F)c2)no1. The second-order valence-corrected chi connectivity index (χ2v) is 6.11. The Morgan fingerprint density at radius 2 is 1.91 bits per heavy atom. The molecular weight excluding hydrogens is 295 g/mol. The number of hydrogen-bond acceptors (Lipinski definition) is 4. The Labute approximate surface area is 126 Å². The fraction of sp³-hybridized carbons (Fsp3) is 0.467. The molecule has 0 saturated heterocycles. The minimum Gasteiger partial charge on any atom is -0.378 e. The van der Waals surface area contributed by atoms with Crippen LogP contribution in [0, 0.1) is 0 Å². The maximum absolute atomic E-state index is 12.4. The van der Waals surface area contributed by atoms with Crippen LogP contribution < -0.4 is 5.32 Å². The van der Waals surface area contributed by atoms with E-state index in [4.69, 9.17) is 4.52 Å². The van der Waals surface area contributed by atoms with E-state index < -0.39 is 12.6 Å². The van der Waals surface area contributed by atoms with E-state index in [1.165, 1.54) is 12.1 Å². The van der Waals surface area contributed by atoms with Gasteiger partial charge in [0.25, 0.3) is 0 Å². The van der Waals surface area contributed by atoms with Crippen LogP contribution in [0.5, 0.6) is 0 Å². The first-order valence-corrected chi connectivity index (χ1v) is 6.86. The molecule has 0 unspecified atom stereocenters. The molecule has 0 spiro atoms. The van der Waals surface area contributed by atoms with Gasteiger partial charge >= 0.3 is 6.18 Å². The van der Waals surface area contributed by atoms with Crippen LogP contribution in [0.2, 0.25) is 0 Å². The van der Waals surface area contributed by atoms with E-state index >= 15 is 0 Å². The van der Waals surface area contributed by atoms with Crippen LogP contribution in [0.15, 0.2) is 28.8 Å². The van der Waals surface area contributed by atoms with E-state index in [0.717, 1.165) is 0 Å². The van der Waals surface area contributed by atoms with Crippen LogP contribution in [-0.4, -0.2) is 16.3 Å². The van der Waals surface area contributed by atoms with E-state index in [0.29, 0.717) is 17.4 Å². The molecule has 0 aliphatic rings. The number of nitrogens with one attached hydrogen (secondary N) is 1. The molecule has 0 aliphatic heterocycles. The summed E-state index contributed by atoms with van der Waals surface area (Å²) in [5, 5.41) is 6.85. The highest BCUT2D eigenvalue weighted by Gasteiger charge is 2.27. The van der Waals surface area contributed by atoms with Crippen LogP contribution in [0.4, 0.5) is 18.9 Å². The van der Waals surface area contributed by atoms with Crippen molar-refractivity contribution in [2.24, 2.45) is 0 Å². The molecule has 0 atom stereocenters. The molecular formula is C15H18F3N3O. The van der Waals surface area contributed by atoms with Crippen LogP contribution in [0.1, 0.15) is 38.0 Å². The monoisotopic (exact) mass is 313 g/mol. The molecule has 0 radical (unpaired) electrons. The summed E-state index contributed by atoms with van der Waals surface area (Å²) < 4.78 is 42.3. The van der Waals surface area contributed by atoms with Crippen LogP contribution >= 0.6 is 0 Å². The number of alkyl halides is 3. The number of benzene rings is 1. The summed E-state index contributed by atoms with van der Waals surface area (Å²) in [6, 6.07) is 6.20. The molecule has 1 heterocycles. The predicted molar refractivity (Wildman–Crippen MR) is 76.5 cm³/mol. The van der Waals surface area contributed by atoms with Gasteiger partial charge in [0.2, 0.25) is 5.89 Å². The lowest BCUT2D eigenvalue weighted by Crippen LogP contribution is -2.12. The third-order valence-electron chi connectivity index (χ3n) is 2.89. The second kappa shape index (κ2) is 5.98. The Bertz CT molecular complexity index is 629. The van der Waals surface area contributed by atoms with Gasteiger partial charge in [-0.15, -0.1) is 0 Å². The van der Waals surface area contributed by atoms with E-state index in [1.54, 1.807) is 12.1 Å². The molecule has 0 bridgehead atoms. The quantitative estimate of drug-likeness (QED) is 0.924. The van der Waals surface area contributed by atoms with Gasteiger partial charge in [-0.2, -0.15) is 18.2 Å². The van der Waals surface area contributed by atoms with Gasteiger partial charge < -0.3 is 9.84 Å². The minimum atomic E-state index is -4.21. The first kappa shape index (κ1) is 16.3. The first-order chi connectivity index (χ1) is 10.1. The van der Waals surface area contributed by atoms with Crippen molar-refractivity contribution in [3.05, 3.63) is 41.5 Å². The first-order valence-electron chi connectivity index (χ1n) is 6.86. The van der Waals surface area contributed by atoms with Crippen LogP contribution in [0.3, 0.4) is 0 Å². The number of rotatable bonds is 4. The molecule has 0 saturated carbocycles.